The second-order valence-electron chi connectivity index (χ2n) is 6.61. The Hall–Kier alpha value is -3.87. The zero-order valence-corrected chi connectivity index (χ0v) is 15.2. The van der Waals surface area contributed by atoms with E-state index in [-0.39, 0.29) is 28.7 Å². The Morgan fingerprint density at radius 1 is 1.13 bits per heavy atom. The van der Waals surface area contributed by atoms with Gasteiger partial charge in [0.25, 0.3) is 5.56 Å². The lowest BCUT2D eigenvalue weighted by atomic mass is 10.1. The van der Waals surface area contributed by atoms with Crippen LogP contribution in [0.3, 0.4) is 0 Å². The van der Waals surface area contributed by atoms with E-state index in [1.54, 1.807) is 0 Å². The van der Waals surface area contributed by atoms with Crippen molar-refractivity contribution in [3.05, 3.63) is 74.6 Å². The van der Waals surface area contributed by atoms with Gasteiger partial charge in [0.2, 0.25) is 5.88 Å². The van der Waals surface area contributed by atoms with Crippen LogP contribution in [0.1, 0.15) is 23.5 Å². The number of rotatable bonds is 3. The molecular weight excluding hydrogens is 401 g/mol. The molecule has 0 unspecified atom stereocenters. The molecule has 1 aromatic carbocycles. The SMILES string of the molecule is O=c1[nH]cc(-c2cc([C@H]3C[C@@H]3C#Cc3ccccc3)c(OC(F)(F)F)nn2)c(=O)[nH]1. The summed E-state index contributed by atoms with van der Waals surface area (Å²) in [7, 11) is 0. The first-order chi connectivity index (χ1) is 14.3. The van der Waals surface area contributed by atoms with Crippen LogP contribution in [0.25, 0.3) is 11.3 Å². The third kappa shape index (κ3) is 4.41. The first-order valence-corrected chi connectivity index (χ1v) is 8.82. The molecule has 2 atom stereocenters. The summed E-state index contributed by atoms with van der Waals surface area (Å²) < 4.78 is 42.4. The van der Waals surface area contributed by atoms with Crippen LogP contribution in [0.4, 0.5) is 13.2 Å². The van der Waals surface area contributed by atoms with Crippen molar-refractivity contribution < 1.29 is 17.9 Å². The molecule has 2 aromatic heterocycles. The van der Waals surface area contributed by atoms with Crippen molar-refractivity contribution in [2.45, 2.75) is 18.7 Å². The van der Waals surface area contributed by atoms with Crippen LogP contribution in [0.15, 0.2) is 52.2 Å². The summed E-state index contributed by atoms with van der Waals surface area (Å²) in [6.45, 7) is 0. The van der Waals surface area contributed by atoms with Crippen LogP contribution in [-0.4, -0.2) is 26.5 Å². The van der Waals surface area contributed by atoms with Crippen LogP contribution in [-0.2, 0) is 0 Å². The predicted molar refractivity (Wildman–Crippen MR) is 99.6 cm³/mol. The van der Waals surface area contributed by atoms with Crippen molar-refractivity contribution in [2.24, 2.45) is 5.92 Å². The largest absolute Gasteiger partial charge is 0.574 e. The maximum absolute atomic E-state index is 12.8. The standard InChI is InChI=1S/C20H13F3N4O3/c21-20(22,23)30-18-14(13-8-12(13)7-6-11-4-2-1-3-5-11)9-16(26-27-18)15-10-24-19(29)25-17(15)28/h1-5,9-10,12-13H,8H2,(H2,24,25,28,29)/t12-,13-/m0/s1. The number of ether oxygens (including phenoxy) is 1. The third-order valence-electron chi connectivity index (χ3n) is 4.46. The molecule has 0 radical (unpaired) electrons. The summed E-state index contributed by atoms with van der Waals surface area (Å²) in [5.41, 5.74) is -0.529. The molecule has 152 valence electrons. The molecule has 1 saturated carbocycles. The Morgan fingerprint density at radius 2 is 1.90 bits per heavy atom. The van der Waals surface area contributed by atoms with Gasteiger partial charge >= 0.3 is 12.1 Å². The zero-order chi connectivity index (χ0) is 21.3. The van der Waals surface area contributed by atoms with Gasteiger partial charge < -0.3 is 9.72 Å². The van der Waals surface area contributed by atoms with Crippen molar-refractivity contribution in [3.63, 3.8) is 0 Å². The predicted octanol–water partition coefficient (Wildman–Crippen LogP) is 2.57. The Labute approximate surface area is 167 Å². The van der Waals surface area contributed by atoms with E-state index in [0.717, 1.165) is 11.8 Å². The maximum atomic E-state index is 12.8. The third-order valence-corrected chi connectivity index (χ3v) is 4.46. The normalized spacial score (nSPS) is 17.7. The molecule has 0 aliphatic heterocycles. The molecule has 0 bridgehead atoms. The second kappa shape index (κ2) is 7.51. The number of halogens is 3. The molecule has 3 aromatic rings. The number of aromatic amines is 2. The minimum atomic E-state index is -4.94. The Balaban J connectivity index is 1.69. The van der Waals surface area contributed by atoms with Gasteiger partial charge in [-0.3, -0.25) is 9.78 Å². The molecule has 0 amide bonds. The van der Waals surface area contributed by atoms with Crippen molar-refractivity contribution >= 4 is 0 Å². The number of hydrogen-bond acceptors (Lipinski definition) is 5. The number of nitrogens with zero attached hydrogens (tertiary/aromatic N) is 2. The minimum absolute atomic E-state index is 0.0127. The number of H-pyrrole nitrogens is 2. The summed E-state index contributed by atoms with van der Waals surface area (Å²) in [5.74, 6) is 4.81. The summed E-state index contributed by atoms with van der Waals surface area (Å²) in [6, 6.07) is 10.5. The molecule has 1 aliphatic rings. The number of alkyl halides is 3. The first kappa shape index (κ1) is 19.4. The molecule has 4 rings (SSSR count). The van der Waals surface area contributed by atoms with E-state index >= 15 is 0 Å². The summed E-state index contributed by atoms with van der Waals surface area (Å²) in [5, 5.41) is 7.19. The van der Waals surface area contributed by atoms with Crippen LogP contribution in [0.2, 0.25) is 0 Å². The molecule has 1 aliphatic carbocycles. The fourth-order valence-electron chi connectivity index (χ4n) is 2.98. The van der Waals surface area contributed by atoms with Crippen molar-refractivity contribution in [1.29, 1.82) is 0 Å². The van der Waals surface area contributed by atoms with Gasteiger partial charge in [-0.1, -0.05) is 30.0 Å². The lowest BCUT2D eigenvalue weighted by molar-refractivity contribution is -0.276. The second-order valence-corrected chi connectivity index (χ2v) is 6.61. The Morgan fingerprint density at radius 3 is 2.60 bits per heavy atom. The average Bonchev–Trinajstić information content (AvgIpc) is 3.46. The average molecular weight is 414 g/mol. The van der Waals surface area contributed by atoms with E-state index in [4.69, 9.17) is 0 Å². The van der Waals surface area contributed by atoms with Gasteiger partial charge in [0.15, 0.2) is 0 Å². The van der Waals surface area contributed by atoms with E-state index in [1.807, 2.05) is 35.3 Å². The van der Waals surface area contributed by atoms with Gasteiger partial charge in [0.1, 0.15) is 5.69 Å². The van der Waals surface area contributed by atoms with E-state index in [2.05, 4.69) is 31.8 Å². The first-order valence-electron chi connectivity index (χ1n) is 8.82. The van der Waals surface area contributed by atoms with Crippen LogP contribution in [0, 0.1) is 17.8 Å². The van der Waals surface area contributed by atoms with E-state index in [9.17, 15) is 22.8 Å². The van der Waals surface area contributed by atoms with Gasteiger partial charge in [-0.25, -0.2) is 4.79 Å². The number of hydrogen-bond donors (Lipinski definition) is 2. The molecule has 7 nitrogen and oxygen atoms in total. The highest BCUT2D eigenvalue weighted by atomic mass is 19.4. The van der Waals surface area contributed by atoms with Crippen molar-refractivity contribution in [3.8, 4) is 29.0 Å². The monoisotopic (exact) mass is 414 g/mol. The molecule has 30 heavy (non-hydrogen) atoms. The molecule has 10 heteroatoms. The van der Waals surface area contributed by atoms with Gasteiger partial charge in [-0.15, -0.1) is 23.4 Å². The Kier molecular flexibility index (Phi) is 4.87. The van der Waals surface area contributed by atoms with E-state index < -0.39 is 23.5 Å². The zero-order valence-electron chi connectivity index (χ0n) is 15.2. The Bertz CT molecular complexity index is 1260. The molecular formula is C20H13F3N4O3. The number of nitrogens with one attached hydrogen (secondary N) is 2. The minimum Gasteiger partial charge on any atom is -0.386 e. The quantitative estimate of drug-likeness (QED) is 0.642. The summed E-state index contributed by atoms with van der Waals surface area (Å²) in [6.07, 6.45) is -3.31. The lowest BCUT2D eigenvalue weighted by Crippen LogP contribution is -2.23. The fourth-order valence-corrected chi connectivity index (χ4v) is 2.98. The highest BCUT2D eigenvalue weighted by Gasteiger charge is 2.42. The van der Waals surface area contributed by atoms with Crippen molar-refractivity contribution in [2.75, 3.05) is 0 Å². The molecule has 2 heterocycles. The molecule has 1 fully saturated rings. The van der Waals surface area contributed by atoms with Crippen molar-refractivity contribution in [1.82, 2.24) is 20.2 Å². The number of aromatic nitrogens is 4. The van der Waals surface area contributed by atoms with Crippen LogP contribution >= 0.6 is 0 Å². The summed E-state index contributed by atoms with van der Waals surface area (Å²) in [4.78, 5) is 27.5. The topological polar surface area (TPSA) is 101 Å². The lowest BCUT2D eigenvalue weighted by Gasteiger charge is -2.12. The maximum Gasteiger partial charge on any atom is 0.574 e. The fraction of sp³-hybridized carbons (Fsp3) is 0.200. The van der Waals surface area contributed by atoms with Gasteiger partial charge in [-0.2, -0.15) is 0 Å². The van der Waals surface area contributed by atoms with Gasteiger partial charge in [0.05, 0.1) is 5.56 Å². The summed E-state index contributed by atoms with van der Waals surface area (Å²) >= 11 is 0. The smallest absolute Gasteiger partial charge is 0.386 e. The van der Waals surface area contributed by atoms with Gasteiger partial charge in [-0.05, 0) is 24.6 Å². The van der Waals surface area contributed by atoms with Crippen LogP contribution < -0.4 is 16.0 Å². The molecule has 2 N–H and O–H groups in total. The van der Waals surface area contributed by atoms with Gasteiger partial charge in [0, 0.05) is 29.2 Å². The highest BCUT2D eigenvalue weighted by Crippen LogP contribution is 2.50. The molecule has 0 saturated heterocycles. The van der Waals surface area contributed by atoms with E-state index in [0.29, 0.717) is 6.42 Å². The van der Waals surface area contributed by atoms with E-state index in [1.165, 1.54) is 6.07 Å². The highest BCUT2D eigenvalue weighted by molar-refractivity contribution is 5.58. The molecule has 0 spiro atoms. The number of benzene rings is 1. The van der Waals surface area contributed by atoms with Crippen LogP contribution in [0.5, 0.6) is 5.88 Å².